The second kappa shape index (κ2) is 9.36. The molecule has 0 radical (unpaired) electrons. The van der Waals surface area contributed by atoms with Crippen LogP contribution in [0.1, 0.15) is 82.7 Å². The molecule has 3 fully saturated rings. The molecule has 196 valence electrons. The smallest absolute Gasteiger partial charge is 0.131 e. The number of aliphatic hydroxyl groups is 1. The standard InChI is InChI=1S/C34H45N2O/c1-8-24-22-36(21-23-17-26(33(2,3)4)20-27(18-23)34(5,6)7)16-14-25(24)19-31(36)32(37)29-13-15-35-30-12-10-9-11-28(29)30/h8-13,15,17-18,20,24-25,31-32,37H,1,14,16,19,21-22H2,2-7H3/q+1/t24?,25?,31?,32-,36-/m0/s1. The van der Waals surface area contributed by atoms with Crippen LogP contribution in [0.3, 0.4) is 0 Å². The average molecular weight is 498 g/mol. The van der Waals surface area contributed by atoms with E-state index < -0.39 is 6.10 Å². The lowest BCUT2D eigenvalue weighted by Crippen LogP contribution is -2.67. The van der Waals surface area contributed by atoms with Crippen LogP contribution >= 0.6 is 0 Å². The Bertz CT molecular complexity index is 1260. The Morgan fingerprint density at radius 2 is 1.70 bits per heavy atom. The van der Waals surface area contributed by atoms with Crippen molar-refractivity contribution in [3.63, 3.8) is 0 Å². The van der Waals surface area contributed by atoms with Gasteiger partial charge in [0, 0.05) is 35.9 Å². The first kappa shape index (κ1) is 26.1. The predicted octanol–water partition coefficient (Wildman–Crippen LogP) is 7.47. The molecular weight excluding hydrogens is 452 g/mol. The second-order valence-corrected chi connectivity index (χ2v) is 13.8. The largest absolute Gasteiger partial charge is 0.382 e. The van der Waals surface area contributed by atoms with Crippen molar-refractivity contribution < 1.29 is 9.59 Å². The van der Waals surface area contributed by atoms with Gasteiger partial charge >= 0.3 is 0 Å². The number of para-hydroxylation sites is 1. The predicted molar refractivity (Wildman–Crippen MR) is 154 cm³/mol. The molecule has 3 unspecified atom stereocenters. The van der Waals surface area contributed by atoms with Crippen LogP contribution in [0, 0.1) is 11.8 Å². The number of rotatable bonds is 5. The Labute approximate surface area is 223 Å². The Kier molecular flexibility index (Phi) is 6.61. The summed E-state index contributed by atoms with van der Waals surface area (Å²) >= 11 is 0. The van der Waals surface area contributed by atoms with Gasteiger partial charge in [-0.25, -0.2) is 0 Å². The number of fused-ring (bicyclic) bond motifs is 4. The molecular formula is C34H45N2O+. The number of quaternary nitrogens is 1. The summed E-state index contributed by atoms with van der Waals surface area (Å²) in [6.07, 6.45) is 5.78. The fraction of sp³-hybridized carbons (Fsp3) is 0.500. The van der Waals surface area contributed by atoms with Crippen molar-refractivity contribution in [2.24, 2.45) is 11.8 Å². The van der Waals surface area contributed by atoms with Gasteiger partial charge in [0.25, 0.3) is 0 Å². The maximum absolute atomic E-state index is 12.1. The molecule has 0 saturated carbocycles. The van der Waals surface area contributed by atoms with E-state index in [-0.39, 0.29) is 16.9 Å². The Morgan fingerprint density at radius 3 is 2.35 bits per heavy atom. The van der Waals surface area contributed by atoms with E-state index in [1.165, 1.54) is 23.1 Å². The van der Waals surface area contributed by atoms with E-state index in [2.05, 4.69) is 89.5 Å². The normalized spacial score (nSPS) is 26.8. The van der Waals surface area contributed by atoms with Crippen molar-refractivity contribution in [3.05, 3.63) is 89.6 Å². The molecule has 3 aromatic rings. The van der Waals surface area contributed by atoms with Crippen molar-refractivity contribution in [3.8, 4) is 0 Å². The third-order valence-electron chi connectivity index (χ3n) is 9.26. The Morgan fingerprint density at radius 1 is 1.03 bits per heavy atom. The lowest BCUT2D eigenvalue weighted by atomic mass is 9.71. The number of hydrogen-bond donors (Lipinski definition) is 1. The number of hydrogen-bond acceptors (Lipinski definition) is 2. The third kappa shape index (κ3) is 4.89. The van der Waals surface area contributed by atoms with Gasteiger partial charge in [-0.2, -0.15) is 0 Å². The maximum atomic E-state index is 12.1. The highest BCUT2D eigenvalue weighted by Gasteiger charge is 2.54. The van der Waals surface area contributed by atoms with Crippen LogP contribution in [0.4, 0.5) is 0 Å². The van der Waals surface area contributed by atoms with Gasteiger partial charge in [0.15, 0.2) is 0 Å². The van der Waals surface area contributed by atoms with Crippen LogP contribution < -0.4 is 0 Å². The molecule has 3 aliphatic rings. The SMILES string of the molecule is C=CC1C[N@@+]2(Cc3cc(C(C)(C)C)cc(C(C)(C)C)c3)CCC1CC2[C@@H](O)c1ccnc2ccccc12. The first-order chi connectivity index (χ1) is 17.4. The molecule has 1 N–H and O–H groups in total. The van der Waals surface area contributed by atoms with Crippen molar-refractivity contribution in [2.75, 3.05) is 13.1 Å². The number of benzene rings is 2. The van der Waals surface area contributed by atoms with E-state index in [0.717, 1.165) is 47.0 Å². The van der Waals surface area contributed by atoms with Gasteiger partial charge in [0.1, 0.15) is 18.7 Å². The monoisotopic (exact) mass is 497 g/mol. The van der Waals surface area contributed by atoms with E-state index >= 15 is 0 Å². The van der Waals surface area contributed by atoms with Crippen molar-refractivity contribution >= 4 is 10.9 Å². The summed E-state index contributed by atoms with van der Waals surface area (Å²) in [7, 11) is 0. The van der Waals surface area contributed by atoms with Gasteiger partial charge in [-0.3, -0.25) is 4.98 Å². The summed E-state index contributed by atoms with van der Waals surface area (Å²) in [5.41, 5.74) is 6.35. The lowest BCUT2D eigenvalue weighted by molar-refractivity contribution is -0.984. The summed E-state index contributed by atoms with van der Waals surface area (Å²) in [5, 5.41) is 13.1. The average Bonchev–Trinajstić information content (AvgIpc) is 2.86. The molecule has 1 aromatic heterocycles. The Balaban J connectivity index is 1.59. The zero-order valence-electron chi connectivity index (χ0n) is 23.7. The van der Waals surface area contributed by atoms with Gasteiger partial charge in [-0.05, 0) is 57.7 Å². The first-order valence-electron chi connectivity index (χ1n) is 14.1. The number of nitrogens with zero attached hydrogens (tertiary/aromatic N) is 2. The maximum Gasteiger partial charge on any atom is 0.131 e. The fourth-order valence-corrected chi connectivity index (χ4v) is 6.98. The van der Waals surface area contributed by atoms with Gasteiger partial charge < -0.3 is 9.59 Å². The van der Waals surface area contributed by atoms with Crippen LogP contribution in [-0.4, -0.2) is 33.7 Å². The van der Waals surface area contributed by atoms with Gasteiger partial charge in [0.05, 0.1) is 18.6 Å². The highest BCUT2D eigenvalue weighted by Crippen LogP contribution is 2.48. The van der Waals surface area contributed by atoms with Gasteiger partial charge in [-0.1, -0.05) is 71.9 Å². The van der Waals surface area contributed by atoms with Crippen molar-refractivity contribution in [1.29, 1.82) is 0 Å². The van der Waals surface area contributed by atoms with Crippen molar-refractivity contribution in [2.45, 2.75) is 83.9 Å². The van der Waals surface area contributed by atoms with Gasteiger partial charge in [-0.15, -0.1) is 6.58 Å². The zero-order chi connectivity index (χ0) is 26.6. The molecule has 3 aliphatic heterocycles. The first-order valence-corrected chi connectivity index (χ1v) is 14.1. The molecule has 0 amide bonds. The number of aromatic nitrogens is 1. The molecule has 5 atom stereocenters. The van der Waals surface area contributed by atoms with Gasteiger partial charge in [0.2, 0.25) is 0 Å². The molecule has 3 saturated heterocycles. The summed E-state index contributed by atoms with van der Waals surface area (Å²) in [6, 6.07) is 17.7. The lowest BCUT2D eigenvalue weighted by Gasteiger charge is -2.58. The summed E-state index contributed by atoms with van der Waals surface area (Å²) in [6.45, 7) is 21.2. The van der Waals surface area contributed by atoms with E-state index in [1.807, 2.05) is 24.4 Å². The molecule has 4 heterocycles. The van der Waals surface area contributed by atoms with E-state index in [0.29, 0.717) is 11.8 Å². The third-order valence-corrected chi connectivity index (χ3v) is 9.26. The number of aliphatic hydroxyl groups excluding tert-OH is 1. The summed E-state index contributed by atoms with van der Waals surface area (Å²) in [5.74, 6) is 1.12. The number of pyridine rings is 1. The minimum atomic E-state index is -0.519. The quantitative estimate of drug-likeness (QED) is 0.293. The molecule has 37 heavy (non-hydrogen) atoms. The molecule has 0 aliphatic carbocycles. The minimum absolute atomic E-state index is 0.0867. The summed E-state index contributed by atoms with van der Waals surface area (Å²) < 4.78 is 0.933. The van der Waals surface area contributed by atoms with Crippen LogP contribution in [0.2, 0.25) is 0 Å². The second-order valence-electron chi connectivity index (χ2n) is 13.8. The van der Waals surface area contributed by atoms with Crippen molar-refractivity contribution in [1.82, 2.24) is 4.98 Å². The molecule has 3 heteroatoms. The molecule has 6 rings (SSSR count). The number of piperidine rings is 3. The van der Waals surface area contributed by atoms with E-state index in [4.69, 9.17) is 0 Å². The molecule has 2 aromatic carbocycles. The van der Waals surface area contributed by atoms with Crippen LogP contribution in [0.5, 0.6) is 0 Å². The minimum Gasteiger partial charge on any atom is -0.382 e. The Hall–Kier alpha value is -2.49. The summed E-state index contributed by atoms with van der Waals surface area (Å²) in [4.78, 5) is 4.56. The van der Waals surface area contributed by atoms with Crippen LogP contribution in [-0.2, 0) is 17.4 Å². The van der Waals surface area contributed by atoms with E-state index in [9.17, 15) is 5.11 Å². The zero-order valence-corrected chi connectivity index (χ0v) is 23.7. The molecule has 0 spiro atoms. The topological polar surface area (TPSA) is 33.1 Å². The highest BCUT2D eigenvalue weighted by molar-refractivity contribution is 5.82. The highest BCUT2D eigenvalue weighted by atomic mass is 16.3. The molecule has 3 nitrogen and oxygen atoms in total. The van der Waals surface area contributed by atoms with E-state index in [1.54, 1.807) is 0 Å². The van der Waals surface area contributed by atoms with Crippen LogP contribution in [0.25, 0.3) is 10.9 Å². The molecule has 2 bridgehead atoms. The van der Waals surface area contributed by atoms with Crippen LogP contribution in [0.15, 0.2) is 67.4 Å². The fourth-order valence-electron chi connectivity index (χ4n) is 6.98.